The highest BCUT2D eigenvalue weighted by Gasteiger charge is 2.24. The van der Waals surface area contributed by atoms with Crippen LogP contribution in [0.5, 0.6) is 0 Å². The molecule has 2 rings (SSSR count). The van der Waals surface area contributed by atoms with Crippen LogP contribution >= 0.6 is 0 Å². The van der Waals surface area contributed by atoms with Gasteiger partial charge in [0, 0.05) is 6.04 Å². The number of benzene rings is 1. The summed E-state index contributed by atoms with van der Waals surface area (Å²) >= 11 is 0. The molecule has 1 aromatic rings. The van der Waals surface area contributed by atoms with Crippen molar-refractivity contribution >= 4 is 5.97 Å². The van der Waals surface area contributed by atoms with Gasteiger partial charge in [-0.05, 0) is 36.7 Å². The fourth-order valence-corrected chi connectivity index (χ4v) is 1.57. The molecule has 74 valence electrons. The molecule has 14 heavy (non-hydrogen) atoms. The second-order valence-corrected chi connectivity index (χ2v) is 3.33. The number of aromatic carboxylic acids is 1. The van der Waals surface area contributed by atoms with Gasteiger partial charge in [0.25, 0.3) is 0 Å². The number of halogens is 1. The monoisotopic (exact) mass is 195 g/mol. The van der Waals surface area contributed by atoms with E-state index in [1.807, 2.05) is 0 Å². The van der Waals surface area contributed by atoms with Crippen LogP contribution < -0.4 is 5.32 Å². The van der Waals surface area contributed by atoms with Gasteiger partial charge >= 0.3 is 5.97 Å². The van der Waals surface area contributed by atoms with E-state index in [1.165, 1.54) is 18.2 Å². The third kappa shape index (κ3) is 1.48. The predicted octanol–water partition coefficient (Wildman–Crippen LogP) is 1.56. The average Bonchev–Trinajstić information content (AvgIpc) is 2.00. The van der Waals surface area contributed by atoms with E-state index in [0.717, 1.165) is 13.0 Å². The van der Waals surface area contributed by atoms with Gasteiger partial charge in [0.2, 0.25) is 0 Å². The summed E-state index contributed by atoms with van der Waals surface area (Å²) in [6.07, 6.45) is 0.865. The number of rotatable bonds is 2. The van der Waals surface area contributed by atoms with Gasteiger partial charge in [0.15, 0.2) is 0 Å². The maximum absolute atomic E-state index is 12.9. The van der Waals surface area contributed by atoms with Crippen LogP contribution in [0, 0.1) is 5.82 Å². The quantitative estimate of drug-likeness (QED) is 0.752. The molecule has 1 saturated heterocycles. The molecule has 0 aliphatic carbocycles. The van der Waals surface area contributed by atoms with E-state index in [1.54, 1.807) is 0 Å². The average molecular weight is 195 g/mol. The minimum absolute atomic E-state index is 0.00296. The zero-order valence-electron chi connectivity index (χ0n) is 7.46. The van der Waals surface area contributed by atoms with Gasteiger partial charge in [0.1, 0.15) is 5.82 Å². The highest BCUT2D eigenvalue weighted by molar-refractivity contribution is 5.89. The smallest absolute Gasteiger partial charge is 0.336 e. The summed E-state index contributed by atoms with van der Waals surface area (Å²) in [7, 11) is 0. The molecule has 0 aromatic heterocycles. The van der Waals surface area contributed by atoms with Crippen LogP contribution in [-0.4, -0.2) is 17.6 Å². The Labute approximate surface area is 80.6 Å². The first-order valence-corrected chi connectivity index (χ1v) is 4.44. The maximum atomic E-state index is 12.9. The third-order valence-corrected chi connectivity index (χ3v) is 2.44. The lowest BCUT2D eigenvalue weighted by molar-refractivity contribution is 0.0694. The molecule has 1 aliphatic rings. The standard InChI is InChI=1S/C10H10FNO2/c11-6-1-2-7(10(13)14)8(5-6)9-3-4-12-9/h1-2,5,9,12H,3-4H2,(H,13,14)/t9-/m0/s1. The first-order valence-electron chi connectivity index (χ1n) is 4.44. The van der Waals surface area contributed by atoms with Crippen LogP contribution in [-0.2, 0) is 0 Å². The van der Waals surface area contributed by atoms with Crippen LogP contribution in [0.1, 0.15) is 28.4 Å². The summed E-state index contributed by atoms with van der Waals surface area (Å²) < 4.78 is 12.9. The molecule has 1 aromatic carbocycles. The normalized spacial score (nSPS) is 20.2. The summed E-state index contributed by atoms with van der Waals surface area (Å²) in [6, 6.07) is 3.77. The molecule has 0 spiro atoms. The second-order valence-electron chi connectivity index (χ2n) is 3.33. The number of nitrogens with one attached hydrogen (secondary N) is 1. The molecule has 0 amide bonds. The number of carboxylic acid groups (broad SMARTS) is 1. The van der Waals surface area contributed by atoms with Crippen LogP contribution in [0.3, 0.4) is 0 Å². The highest BCUT2D eigenvalue weighted by atomic mass is 19.1. The molecule has 1 aliphatic heterocycles. The van der Waals surface area contributed by atoms with Gasteiger partial charge < -0.3 is 10.4 Å². The lowest BCUT2D eigenvalue weighted by Gasteiger charge is -2.29. The molecule has 0 bridgehead atoms. The van der Waals surface area contributed by atoms with Crippen molar-refractivity contribution in [2.45, 2.75) is 12.5 Å². The summed E-state index contributed by atoms with van der Waals surface area (Å²) in [4.78, 5) is 10.8. The van der Waals surface area contributed by atoms with E-state index >= 15 is 0 Å². The van der Waals surface area contributed by atoms with Gasteiger partial charge in [-0.15, -0.1) is 0 Å². The van der Waals surface area contributed by atoms with Gasteiger partial charge in [-0.3, -0.25) is 0 Å². The van der Waals surface area contributed by atoms with Crippen molar-refractivity contribution in [3.63, 3.8) is 0 Å². The van der Waals surface area contributed by atoms with E-state index < -0.39 is 11.8 Å². The Hall–Kier alpha value is -1.42. The van der Waals surface area contributed by atoms with Crippen LogP contribution in [0.4, 0.5) is 4.39 Å². The minimum atomic E-state index is -1.01. The van der Waals surface area contributed by atoms with Crippen molar-refractivity contribution in [1.82, 2.24) is 5.32 Å². The SMILES string of the molecule is O=C(O)c1ccc(F)cc1[C@@H]1CCN1. The molecular weight excluding hydrogens is 185 g/mol. The lowest BCUT2D eigenvalue weighted by Crippen LogP contribution is -2.36. The first kappa shape index (κ1) is 9.15. The fraction of sp³-hybridized carbons (Fsp3) is 0.300. The first-order chi connectivity index (χ1) is 6.68. The Kier molecular flexibility index (Phi) is 2.21. The highest BCUT2D eigenvalue weighted by Crippen LogP contribution is 2.26. The van der Waals surface area contributed by atoms with Crippen molar-refractivity contribution in [2.24, 2.45) is 0 Å². The Morgan fingerprint density at radius 1 is 1.57 bits per heavy atom. The summed E-state index contributed by atoms with van der Waals surface area (Å²) in [6.45, 7) is 0.861. The number of carbonyl (C=O) groups is 1. The molecule has 0 radical (unpaired) electrons. The summed E-state index contributed by atoms with van der Waals surface area (Å²) in [5, 5.41) is 11.9. The third-order valence-electron chi connectivity index (χ3n) is 2.44. The Balaban J connectivity index is 2.42. The summed E-state index contributed by atoms with van der Waals surface area (Å²) in [5.41, 5.74) is 0.729. The minimum Gasteiger partial charge on any atom is -0.478 e. The topological polar surface area (TPSA) is 49.3 Å². The lowest BCUT2D eigenvalue weighted by atomic mass is 9.93. The van der Waals surface area contributed by atoms with Crippen molar-refractivity contribution in [3.05, 3.63) is 35.1 Å². The predicted molar refractivity (Wildman–Crippen MR) is 48.7 cm³/mol. The van der Waals surface area contributed by atoms with Crippen molar-refractivity contribution in [2.75, 3.05) is 6.54 Å². The fourth-order valence-electron chi connectivity index (χ4n) is 1.57. The largest absolute Gasteiger partial charge is 0.478 e. The number of carboxylic acids is 1. The van der Waals surface area contributed by atoms with Crippen LogP contribution in [0.25, 0.3) is 0 Å². The molecule has 0 unspecified atom stereocenters. The van der Waals surface area contributed by atoms with Crippen LogP contribution in [0.15, 0.2) is 18.2 Å². The van der Waals surface area contributed by atoms with Gasteiger partial charge in [-0.2, -0.15) is 0 Å². The number of hydrogen-bond donors (Lipinski definition) is 2. The van der Waals surface area contributed by atoms with Crippen molar-refractivity contribution in [1.29, 1.82) is 0 Å². The zero-order valence-corrected chi connectivity index (χ0v) is 7.46. The molecule has 1 heterocycles. The summed E-state index contributed by atoms with van der Waals surface area (Å²) in [5.74, 6) is -1.40. The van der Waals surface area contributed by atoms with Gasteiger partial charge in [0.05, 0.1) is 5.56 Å². The second kappa shape index (κ2) is 3.38. The molecule has 1 fully saturated rings. The Bertz CT molecular complexity index is 374. The van der Waals surface area contributed by atoms with E-state index in [9.17, 15) is 9.18 Å². The molecule has 3 nitrogen and oxygen atoms in total. The van der Waals surface area contributed by atoms with E-state index in [0.29, 0.717) is 5.56 Å². The van der Waals surface area contributed by atoms with E-state index in [2.05, 4.69) is 5.32 Å². The maximum Gasteiger partial charge on any atom is 0.336 e. The Morgan fingerprint density at radius 3 is 2.79 bits per heavy atom. The van der Waals surface area contributed by atoms with Gasteiger partial charge in [-0.1, -0.05) is 0 Å². The molecular formula is C10H10FNO2. The van der Waals surface area contributed by atoms with Gasteiger partial charge in [-0.25, -0.2) is 9.18 Å². The van der Waals surface area contributed by atoms with Crippen LogP contribution in [0.2, 0.25) is 0 Å². The van der Waals surface area contributed by atoms with E-state index in [4.69, 9.17) is 5.11 Å². The number of hydrogen-bond acceptors (Lipinski definition) is 2. The molecule has 4 heteroatoms. The van der Waals surface area contributed by atoms with Crippen molar-refractivity contribution in [3.8, 4) is 0 Å². The Morgan fingerprint density at radius 2 is 2.29 bits per heavy atom. The molecule has 0 saturated carbocycles. The van der Waals surface area contributed by atoms with E-state index in [-0.39, 0.29) is 11.6 Å². The van der Waals surface area contributed by atoms with Crippen molar-refractivity contribution < 1.29 is 14.3 Å². The molecule has 2 N–H and O–H groups in total. The molecule has 1 atom stereocenters. The zero-order chi connectivity index (χ0) is 10.1.